The minimum atomic E-state index is 0.0417. The molecule has 1 unspecified atom stereocenters. The van der Waals surface area contributed by atoms with Gasteiger partial charge in [0.2, 0.25) is 5.91 Å². The lowest BCUT2D eigenvalue weighted by Gasteiger charge is -2.09. The Labute approximate surface area is 120 Å². The van der Waals surface area contributed by atoms with Crippen molar-refractivity contribution in [1.29, 1.82) is 0 Å². The number of fused-ring (bicyclic) bond motifs is 1. The van der Waals surface area contributed by atoms with Crippen molar-refractivity contribution in [2.45, 2.75) is 32.2 Å². The first-order valence-electron chi connectivity index (χ1n) is 7.09. The van der Waals surface area contributed by atoms with Crippen LogP contribution >= 0.6 is 0 Å². The third-order valence-corrected chi connectivity index (χ3v) is 3.47. The lowest BCUT2D eigenvalue weighted by molar-refractivity contribution is -0.121. The van der Waals surface area contributed by atoms with Gasteiger partial charge < -0.3 is 5.32 Å². The second-order valence-electron chi connectivity index (χ2n) is 5.08. The Hall–Kier alpha value is -2.09. The largest absolute Gasteiger partial charge is 0.350 e. The maximum atomic E-state index is 11.7. The molecule has 0 saturated carbocycles. The number of amides is 1. The Morgan fingerprint density at radius 2 is 2.00 bits per heavy atom. The van der Waals surface area contributed by atoms with Crippen LogP contribution in [0, 0.1) is 0 Å². The van der Waals surface area contributed by atoms with Gasteiger partial charge in [-0.2, -0.15) is 0 Å². The summed E-state index contributed by atoms with van der Waals surface area (Å²) in [6.45, 7) is 5.59. The van der Waals surface area contributed by atoms with E-state index in [1.807, 2.05) is 6.92 Å². The average molecular weight is 267 g/mol. The normalized spacial score (nSPS) is 12.1. The third-order valence-electron chi connectivity index (χ3n) is 3.47. The molecule has 2 nitrogen and oxygen atoms in total. The van der Waals surface area contributed by atoms with Crippen molar-refractivity contribution in [3.63, 3.8) is 0 Å². The Balaban J connectivity index is 1.93. The standard InChI is InChI=1S/C18H21NO/c1-3-14(2)19-18(20)13-7-11-16-10-6-9-15-8-4-5-12-17(15)16/h3-6,8-10,12,14H,1,7,11,13H2,2H3,(H,19,20). The van der Waals surface area contributed by atoms with Crippen LogP contribution in [0.2, 0.25) is 0 Å². The van der Waals surface area contributed by atoms with Gasteiger partial charge in [0, 0.05) is 12.5 Å². The second-order valence-corrected chi connectivity index (χ2v) is 5.08. The van der Waals surface area contributed by atoms with Gasteiger partial charge in [-0.3, -0.25) is 4.79 Å². The highest BCUT2D eigenvalue weighted by atomic mass is 16.1. The molecule has 0 aliphatic heterocycles. The third kappa shape index (κ3) is 3.70. The summed E-state index contributed by atoms with van der Waals surface area (Å²) in [4.78, 5) is 11.7. The average Bonchev–Trinajstić information content (AvgIpc) is 2.47. The molecule has 0 aliphatic rings. The van der Waals surface area contributed by atoms with Crippen molar-refractivity contribution in [2.24, 2.45) is 0 Å². The van der Waals surface area contributed by atoms with Gasteiger partial charge in [0.1, 0.15) is 0 Å². The lowest BCUT2D eigenvalue weighted by atomic mass is 10.00. The lowest BCUT2D eigenvalue weighted by Crippen LogP contribution is -2.30. The van der Waals surface area contributed by atoms with E-state index in [1.54, 1.807) is 6.08 Å². The van der Waals surface area contributed by atoms with Crippen LogP contribution in [-0.2, 0) is 11.2 Å². The van der Waals surface area contributed by atoms with Gasteiger partial charge in [0.15, 0.2) is 0 Å². The van der Waals surface area contributed by atoms with E-state index in [4.69, 9.17) is 0 Å². The number of hydrogen-bond acceptors (Lipinski definition) is 1. The van der Waals surface area contributed by atoms with Crippen molar-refractivity contribution < 1.29 is 4.79 Å². The van der Waals surface area contributed by atoms with E-state index in [-0.39, 0.29) is 11.9 Å². The maximum absolute atomic E-state index is 11.7. The molecule has 1 amide bonds. The van der Waals surface area contributed by atoms with Crippen molar-refractivity contribution >= 4 is 16.7 Å². The van der Waals surface area contributed by atoms with Gasteiger partial charge in [-0.1, -0.05) is 48.5 Å². The number of benzene rings is 2. The molecule has 0 aliphatic carbocycles. The first-order chi connectivity index (χ1) is 9.70. The van der Waals surface area contributed by atoms with Gasteiger partial charge in [0.05, 0.1) is 0 Å². The highest BCUT2D eigenvalue weighted by Crippen LogP contribution is 2.20. The Morgan fingerprint density at radius 3 is 2.80 bits per heavy atom. The van der Waals surface area contributed by atoms with E-state index in [1.165, 1.54) is 16.3 Å². The molecule has 0 spiro atoms. The molecule has 0 radical (unpaired) electrons. The smallest absolute Gasteiger partial charge is 0.220 e. The van der Waals surface area contributed by atoms with Gasteiger partial charge >= 0.3 is 0 Å². The summed E-state index contributed by atoms with van der Waals surface area (Å²) >= 11 is 0. The van der Waals surface area contributed by atoms with Crippen LogP contribution in [0.25, 0.3) is 10.8 Å². The predicted octanol–water partition coefficient (Wildman–Crippen LogP) is 3.85. The van der Waals surface area contributed by atoms with Crippen LogP contribution in [0.1, 0.15) is 25.3 Å². The molecule has 2 rings (SSSR count). The Bertz CT molecular complexity index is 598. The predicted molar refractivity (Wildman–Crippen MR) is 84.7 cm³/mol. The SMILES string of the molecule is C=CC(C)NC(=O)CCCc1cccc2ccccc12. The van der Waals surface area contributed by atoms with E-state index in [9.17, 15) is 4.79 Å². The van der Waals surface area contributed by atoms with E-state index in [0.717, 1.165) is 12.8 Å². The summed E-state index contributed by atoms with van der Waals surface area (Å²) < 4.78 is 0. The minimum Gasteiger partial charge on any atom is -0.350 e. The summed E-state index contributed by atoms with van der Waals surface area (Å²) in [6.07, 6.45) is 4.09. The van der Waals surface area contributed by atoms with Gasteiger partial charge in [-0.05, 0) is 36.1 Å². The molecular weight excluding hydrogens is 246 g/mol. The fraction of sp³-hybridized carbons (Fsp3) is 0.278. The molecule has 0 bridgehead atoms. The number of hydrogen-bond donors (Lipinski definition) is 1. The van der Waals surface area contributed by atoms with Gasteiger partial charge in [-0.25, -0.2) is 0 Å². The molecule has 0 fully saturated rings. The molecule has 0 saturated heterocycles. The molecule has 2 heteroatoms. The van der Waals surface area contributed by atoms with Crippen LogP contribution in [-0.4, -0.2) is 11.9 Å². The highest BCUT2D eigenvalue weighted by molar-refractivity contribution is 5.85. The zero-order valence-corrected chi connectivity index (χ0v) is 11.9. The van der Waals surface area contributed by atoms with E-state index < -0.39 is 0 Å². The molecule has 1 atom stereocenters. The van der Waals surface area contributed by atoms with Crippen molar-refractivity contribution in [1.82, 2.24) is 5.32 Å². The zero-order chi connectivity index (χ0) is 14.4. The van der Waals surface area contributed by atoms with Crippen LogP contribution in [0.5, 0.6) is 0 Å². The highest BCUT2D eigenvalue weighted by Gasteiger charge is 2.05. The summed E-state index contributed by atoms with van der Waals surface area (Å²) in [5, 5.41) is 5.44. The number of carbonyl (C=O) groups excluding carboxylic acids is 1. The van der Waals surface area contributed by atoms with Crippen LogP contribution in [0.4, 0.5) is 0 Å². The van der Waals surface area contributed by atoms with Crippen molar-refractivity contribution in [3.05, 3.63) is 60.7 Å². The molecule has 1 N–H and O–H groups in total. The van der Waals surface area contributed by atoms with E-state index >= 15 is 0 Å². The molecule has 2 aromatic carbocycles. The summed E-state index contributed by atoms with van der Waals surface area (Å²) in [5.74, 6) is 0.0950. The van der Waals surface area contributed by atoms with Crippen LogP contribution in [0.3, 0.4) is 0 Å². The summed E-state index contributed by atoms with van der Waals surface area (Å²) in [5.41, 5.74) is 1.31. The first-order valence-corrected chi connectivity index (χ1v) is 7.09. The fourth-order valence-corrected chi connectivity index (χ4v) is 2.33. The molecule has 20 heavy (non-hydrogen) atoms. The van der Waals surface area contributed by atoms with E-state index in [0.29, 0.717) is 6.42 Å². The summed E-state index contributed by atoms with van der Waals surface area (Å²) in [7, 11) is 0. The molecule has 0 aromatic heterocycles. The number of aryl methyl sites for hydroxylation is 1. The van der Waals surface area contributed by atoms with Crippen LogP contribution < -0.4 is 5.32 Å². The van der Waals surface area contributed by atoms with Gasteiger partial charge in [-0.15, -0.1) is 6.58 Å². The molecular formula is C18H21NO. The molecule has 0 heterocycles. The Morgan fingerprint density at radius 1 is 1.25 bits per heavy atom. The number of rotatable bonds is 6. The number of carbonyl (C=O) groups is 1. The van der Waals surface area contributed by atoms with E-state index in [2.05, 4.69) is 54.4 Å². The second kappa shape index (κ2) is 6.90. The van der Waals surface area contributed by atoms with Crippen molar-refractivity contribution in [3.8, 4) is 0 Å². The molecule has 104 valence electrons. The Kier molecular flexibility index (Phi) is 4.94. The number of nitrogens with one attached hydrogen (secondary N) is 1. The quantitative estimate of drug-likeness (QED) is 0.791. The topological polar surface area (TPSA) is 29.1 Å². The monoisotopic (exact) mass is 267 g/mol. The minimum absolute atomic E-state index is 0.0417. The van der Waals surface area contributed by atoms with Crippen LogP contribution in [0.15, 0.2) is 55.1 Å². The maximum Gasteiger partial charge on any atom is 0.220 e. The molecule has 2 aromatic rings. The fourth-order valence-electron chi connectivity index (χ4n) is 2.33. The first kappa shape index (κ1) is 14.3. The van der Waals surface area contributed by atoms with Crippen molar-refractivity contribution in [2.75, 3.05) is 0 Å². The zero-order valence-electron chi connectivity index (χ0n) is 11.9. The van der Waals surface area contributed by atoms with Gasteiger partial charge in [0.25, 0.3) is 0 Å². The summed E-state index contributed by atoms with van der Waals surface area (Å²) in [6, 6.07) is 14.8.